The van der Waals surface area contributed by atoms with Crippen LogP contribution < -0.4 is 0 Å². The molecule has 0 atom stereocenters. The molecule has 0 aliphatic rings. The van der Waals surface area contributed by atoms with Gasteiger partial charge in [0.2, 0.25) is 0 Å². The Bertz CT molecular complexity index is 632. The van der Waals surface area contributed by atoms with Crippen molar-refractivity contribution in [3.8, 4) is 0 Å². The van der Waals surface area contributed by atoms with Crippen molar-refractivity contribution in [2.45, 2.75) is 33.1 Å². The van der Waals surface area contributed by atoms with E-state index in [1.54, 1.807) is 0 Å². The van der Waals surface area contributed by atoms with Gasteiger partial charge < -0.3 is 5.11 Å². The molecule has 2 aromatic carbocycles. The highest BCUT2D eigenvalue weighted by Crippen LogP contribution is 2.31. The molecule has 2 rings (SSSR count). The van der Waals surface area contributed by atoms with Crippen molar-refractivity contribution in [3.05, 3.63) is 47.0 Å². The third kappa shape index (κ3) is 3.51. The number of benzene rings is 2. The highest BCUT2D eigenvalue weighted by atomic mass is 35.5. The largest absolute Gasteiger partial charge is 0.481 e. The molecule has 0 aliphatic heterocycles. The number of carbonyl (C=O) groups is 1. The highest BCUT2D eigenvalue weighted by Gasteiger charge is 2.21. The first kappa shape index (κ1) is 14.9. The monoisotopic (exact) mass is 290 g/mol. The van der Waals surface area contributed by atoms with Gasteiger partial charge in [0, 0.05) is 10.4 Å². The van der Waals surface area contributed by atoms with Gasteiger partial charge in [-0.05, 0) is 35.3 Å². The molecule has 0 fully saturated rings. The summed E-state index contributed by atoms with van der Waals surface area (Å²) in [4.78, 5) is 10.9. The van der Waals surface area contributed by atoms with Crippen LogP contribution >= 0.6 is 11.6 Å². The van der Waals surface area contributed by atoms with E-state index in [4.69, 9.17) is 16.7 Å². The topological polar surface area (TPSA) is 37.3 Å². The Hall–Kier alpha value is -1.54. The maximum Gasteiger partial charge on any atom is 0.303 e. The van der Waals surface area contributed by atoms with Gasteiger partial charge in [0.1, 0.15) is 0 Å². The van der Waals surface area contributed by atoms with Gasteiger partial charge in [-0.2, -0.15) is 0 Å². The number of fused-ring (bicyclic) bond motifs is 1. The van der Waals surface area contributed by atoms with E-state index in [2.05, 4.69) is 6.07 Å². The summed E-state index contributed by atoms with van der Waals surface area (Å²) >= 11 is 6.21. The summed E-state index contributed by atoms with van der Waals surface area (Å²) in [5.74, 6) is -0.740. The lowest BCUT2D eigenvalue weighted by atomic mass is 9.82. The number of carboxylic acid groups (broad SMARTS) is 1. The molecule has 0 unspecified atom stereocenters. The summed E-state index contributed by atoms with van der Waals surface area (Å²) < 4.78 is 0. The number of hydrogen-bond donors (Lipinski definition) is 1. The van der Waals surface area contributed by atoms with Gasteiger partial charge in [-0.1, -0.05) is 55.8 Å². The molecule has 0 saturated carbocycles. The van der Waals surface area contributed by atoms with Gasteiger partial charge in [0.15, 0.2) is 0 Å². The average molecular weight is 291 g/mol. The lowest BCUT2D eigenvalue weighted by Crippen LogP contribution is -2.17. The van der Waals surface area contributed by atoms with Crippen LogP contribution in [0.2, 0.25) is 5.02 Å². The first-order valence-electron chi connectivity index (χ1n) is 6.77. The number of carboxylic acids is 1. The van der Waals surface area contributed by atoms with Gasteiger partial charge in [-0.25, -0.2) is 0 Å². The lowest BCUT2D eigenvalue weighted by Gasteiger charge is -2.22. The first-order chi connectivity index (χ1) is 9.39. The van der Waals surface area contributed by atoms with Crippen LogP contribution in [0.4, 0.5) is 0 Å². The van der Waals surface area contributed by atoms with Gasteiger partial charge in [0.25, 0.3) is 0 Å². The smallest absolute Gasteiger partial charge is 0.303 e. The van der Waals surface area contributed by atoms with E-state index in [0.29, 0.717) is 0 Å². The van der Waals surface area contributed by atoms with Crippen molar-refractivity contribution in [2.75, 3.05) is 0 Å². The molecule has 0 bridgehead atoms. The number of hydrogen-bond acceptors (Lipinski definition) is 1. The van der Waals surface area contributed by atoms with Crippen LogP contribution in [0.1, 0.15) is 32.3 Å². The van der Waals surface area contributed by atoms with Crippen molar-refractivity contribution in [2.24, 2.45) is 5.41 Å². The van der Waals surface area contributed by atoms with Crippen LogP contribution in [0, 0.1) is 5.41 Å². The van der Waals surface area contributed by atoms with Crippen LogP contribution in [0.5, 0.6) is 0 Å². The molecular weight excluding hydrogens is 272 g/mol. The second kappa shape index (κ2) is 5.84. The van der Waals surface area contributed by atoms with E-state index in [1.165, 1.54) is 5.56 Å². The second-order valence-corrected chi connectivity index (χ2v) is 6.39. The minimum Gasteiger partial charge on any atom is -0.481 e. The fourth-order valence-electron chi connectivity index (χ4n) is 2.51. The van der Waals surface area contributed by atoms with Crippen molar-refractivity contribution in [3.63, 3.8) is 0 Å². The molecule has 0 radical (unpaired) electrons. The second-order valence-electron chi connectivity index (χ2n) is 5.99. The molecule has 0 aliphatic carbocycles. The molecule has 0 spiro atoms. The molecule has 0 amide bonds. The molecule has 2 nitrogen and oxygen atoms in total. The minimum absolute atomic E-state index is 0.193. The molecule has 20 heavy (non-hydrogen) atoms. The number of aryl methyl sites for hydroxylation is 1. The Morgan fingerprint density at radius 1 is 1.15 bits per heavy atom. The van der Waals surface area contributed by atoms with E-state index in [-0.39, 0.29) is 11.8 Å². The van der Waals surface area contributed by atoms with Gasteiger partial charge in [0.05, 0.1) is 6.42 Å². The predicted molar refractivity (Wildman–Crippen MR) is 83.3 cm³/mol. The molecule has 0 saturated heterocycles. The van der Waals surface area contributed by atoms with Crippen molar-refractivity contribution < 1.29 is 9.90 Å². The Morgan fingerprint density at radius 2 is 1.80 bits per heavy atom. The van der Waals surface area contributed by atoms with Crippen LogP contribution in [0.3, 0.4) is 0 Å². The summed E-state index contributed by atoms with van der Waals surface area (Å²) in [6, 6.07) is 12.0. The van der Waals surface area contributed by atoms with E-state index in [9.17, 15) is 4.79 Å². The molecule has 0 heterocycles. The molecule has 3 heteroatoms. The summed E-state index contributed by atoms with van der Waals surface area (Å²) in [7, 11) is 0. The number of rotatable bonds is 5. The zero-order chi connectivity index (χ0) is 14.8. The Morgan fingerprint density at radius 3 is 2.45 bits per heavy atom. The average Bonchev–Trinajstić information content (AvgIpc) is 2.37. The Balaban J connectivity index is 2.23. The van der Waals surface area contributed by atoms with Crippen LogP contribution in [-0.4, -0.2) is 11.1 Å². The predicted octanol–water partition coefficient (Wildman–Crippen LogP) is 4.93. The zero-order valence-corrected chi connectivity index (χ0v) is 12.6. The van der Waals surface area contributed by atoms with E-state index >= 15 is 0 Å². The molecular formula is C17H19ClO2. The molecule has 1 N–H and O–H groups in total. The van der Waals surface area contributed by atoms with E-state index < -0.39 is 5.97 Å². The SMILES string of the molecule is CC(C)(CCc1ccc(Cl)c2ccccc12)CC(=O)O. The third-order valence-electron chi connectivity index (χ3n) is 3.66. The third-order valence-corrected chi connectivity index (χ3v) is 3.99. The normalized spacial score (nSPS) is 11.8. The highest BCUT2D eigenvalue weighted by molar-refractivity contribution is 6.35. The number of halogens is 1. The van der Waals surface area contributed by atoms with E-state index in [1.807, 2.05) is 44.2 Å². The van der Waals surface area contributed by atoms with Crippen LogP contribution in [0.15, 0.2) is 36.4 Å². The maximum atomic E-state index is 10.9. The van der Waals surface area contributed by atoms with Gasteiger partial charge >= 0.3 is 5.97 Å². The molecule has 2 aromatic rings. The van der Waals surface area contributed by atoms with Gasteiger partial charge in [-0.15, -0.1) is 0 Å². The Labute approximate surface area is 124 Å². The van der Waals surface area contributed by atoms with Gasteiger partial charge in [-0.3, -0.25) is 4.79 Å². The molecule has 106 valence electrons. The summed E-state index contributed by atoms with van der Waals surface area (Å²) in [5.41, 5.74) is 1.02. The Kier molecular flexibility index (Phi) is 4.34. The number of aliphatic carboxylic acids is 1. The van der Waals surface area contributed by atoms with Crippen molar-refractivity contribution in [1.82, 2.24) is 0 Å². The standard InChI is InChI=1S/C17H19ClO2/c1-17(2,11-16(19)20)10-9-12-7-8-15(18)14-6-4-3-5-13(12)14/h3-8H,9-11H2,1-2H3,(H,19,20). The minimum atomic E-state index is -0.740. The van der Waals surface area contributed by atoms with Crippen molar-refractivity contribution >= 4 is 28.3 Å². The first-order valence-corrected chi connectivity index (χ1v) is 7.15. The maximum absolute atomic E-state index is 10.9. The molecule has 0 aromatic heterocycles. The van der Waals surface area contributed by atoms with E-state index in [0.717, 1.165) is 28.6 Å². The fraction of sp³-hybridized carbons (Fsp3) is 0.353. The lowest BCUT2D eigenvalue weighted by molar-refractivity contribution is -0.139. The van der Waals surface area contributed by atoms with Crippen molar-refractivity contribution in [1.29, 1.82) is 0 Å². The van der Waals surface area contributed by atoms with Crippen LogP contribution in [0.25, 0.3) is 10.8 Å². The van der Waals surface area contributed by atoms with Crippen LogP contribution in [-0.2, 0) is 11.2 Å². The zero-order valence-electron chi connectivity index (χ0n) is 11.8. The summed E-state index contributed by atoms with van der Waals surface area (Å²) in [6.07, 6.45) is 1.89. The summed E-state index contributed by atoms with van der Waals surface area (Å²) in [6.45, 7) is 4.00. The summed E-state index contributed by atoms with van der Waals surface area (Å²) in [5, 5.41) is 11.9. The fourth-order valence-corrected chi connectivity index (χ4v) is 2.74. The quantitative estimate of drug-likeness (QED) is 0.848.